The minimum absolute atomic E-state index is 0.106. The first kappa shape index (κ1) is 15.4. The smallest absolute Gasteiger partial charge is 0.213 e. The zero-order valence-corrected chi connectivity index (χ0v) is 12.7. The van der Waals surface area contributed by atoms with Crippen molar-refractivity contribution in [2.75, 3.05) is 38.5 Å². The molecule has 1 fully saturated rings. The van der Waals surface area contributed by atoms with E-state index < -0.39 is 10.0 Å². The summed E-state index contributed by atoms with van der Waals surface area (Å²) < 4.78 is 28.5. The Hall–Kier alpha value is -1.03. The summed E-state index contributed by atoms with van der Waals surface area (Å²) in [5.74, 6) is 0.714. The van der Waals surface area contributed by atoms with Gasteiger partial charge >= 0.3 is 0 Å². The maximum Gasteiger partial charge on any atom is 0.213 e. The van der Waals surface area contributed by atoms with Gasteiger partial charge in [0.15, 0.2) is 0 Å². The maximum atomic E-state index is 12.1. The number of piperazine rings is 1. The number of hydrogen-bond acceptors (Lipinski definition) is 6. The molecule has 0 radical (unpaired) electrons. The summed E-state index contributed by atoms with van der Waals surface area (Å²) in [6.45, 7) is 5.96. The van der Waals surface area contributed by atoms with Crippen LogP contribution in [0, 0.1) is 0 Å². The lowest BCUT2D eigenvalue weighted by molar-refractivity contribution is 0.253. The molecule has 1 atom stereocenters. The van der Waals surface area contributed by atoms with E-state index in [1.807, 2.05) is 0 Å². The molecule has 1 aromatic rings. The van der Waals surface area contributed by atoms with Crippen LogP contribution in [0.25, 0.3) is 0 Å². The Bertz CT molecular complexity index is 523. The molecule has 1 aromatic heterocycles. The zero-order chi connectivity index (χ0) is 14.6. The number of sulfonamides is 1. The highest BCUT2D eigenvalue weighted by atomic mass is 32.2. The number of nitrogens with one attached hydrogen (secondary N) is 2. The minimum atomic E-state index is -3.32. The predicted molar refractivity (Wildman–Crippen MR) is 75.7 cm³/mol. The molecule has 0 spiro atoms. The van der Waals surface area contributed by atoms with Gasteiger partial charge in [-0.3, -0.25) is 4.90 Å². The van der Waals surface area contributed by atoms with E-state index in [1.54, 1.807) is 24.9 Å². The number of aromatic nitrogens is 3. The fourth-order valence-electron chi connectivity index (χ4n) is 2.25. The van der Waals surface area contributed by atoms with Crippen LogP contribution < -0.4 is 10.0 Å². The number of hydrogen-bond donors (Lipinski definition) is 2. The molecular weight excluding hydrogens is 280 g/mol. The first-order chi connectivity index (χ1) is 9.48. The van der Waals surface area contributed by atoms with Gasteiger partial charge in [0.25, 0.3) is 0 Å². The standard InChI is InChI=1S/C11H22N6O2S/c1-10(11-14-13-9-16(11)2)15-20(18,19)8-7-17-5-3-12-4-6-17/h9-10,12,15H,3-8H2,1-2H3. The Morgan fingerprint density at radius 2 is 2.15 bits per heavy atom. The van der Waals surface area contributed by atoms with Gasteiger partial charge in [-0.05, 0) is 6.92 Å². The van der Waals surface area contributed by atoms with E-state index in [-0.39, 0.29) is 11.8 Å². The lowest BCUT2D eigenvalue weighted by Gasteiger charge is -2.27. The van der Waals surface area contributed by atoms with Crippen LogP contribution in [0.2, 0.25) is 0 Å². The molecule has 2 rings (SSSR count). The molecule has 1 unspecified atom stereocenters. The van der Waals surface area contributed by atoms with E-state index >= 15 is 0 Å². The van der Waals surface area contributed by atoms with Crippen molar-refractivity contribution in [3.8, 4) is 0 Å². The van der Waals surface area contributed by atoms with Crippen molar-refractivity contribution < 1.29 is 8.42 Å². The molecule has 8 nitrogen and oxygen atoms in total. The second-order valence-corrected chi connectivity index (χ2v) is 6.92. The Morgan fingerprint density at radius 1 is 1.45 bits per heavy atom. The van der Waals surface area contributed by atoms with Crippen LogP contribution in [-0.2, 0) is 17.1 Å². The van der Waals surface area contributed by atoms with Gasteiger partial charge in [-0.25, -0.2) is 13.1 Å². The highest BCUT2D eigenvalue weighted by Crippen LogP contribution is 2.09. The molecular formula is C11H22N6O2S. The molecule has 9 heteroatoms. The highest BCUT2D eigenvalue weighted by Gasteiger charge is 2.20. The quantitative estimate of drug-likeness (QED) is 0.679. The maximum absolute atomic E-state index is 12.1. The lowest BCUT2D eigenvalue weighted by Crippen LogP contribution is -2.46. The minimum Gasteiger partial charge on any atom is -0.319 e. The summed E-state index contributed by atoms with van der Waals surface area (Å²) in [5.41, 5.74) is 0. The average Bonchev–Trinajstić information content (AvgIpc) is 2.84. The van der Waals surface area contributed by atoms with Crippen LogP contribution in [0.3, 0.4) is 0 Å². The summed E-state index contributed by atoms with van der Waals surface area (Å²) in [6, 6.07) is -0.379. The van der Waals surface area contributed by atoms with Gasteiger partial charge < -0.3 is 9.88 Å². The van der Waals surface area contributed by atoms with Crippen molar-refractivity contribution >= 4 is 10.0 Å². The Balaban J connectivity index is 1.85. The summed E-state index contributed by atoms with van der Waals surface area (Å²) in [6.07, 6.45) is 1.56. The normalized spacial score (nSPS) is 19.1. The summed E-state index contributed by atoms with van der Waals surface area (Å²) in [5, 5.41) is 10.9. The summed E-state index contributed by atoms with van der Waals surface area (Å²) >= 11 is 0. The van der Waals surface area contributed by atoms with E-state index in [4.69, 9.17) is 0 Å². The van der Waals surface area contributed by atoms with Crippen LogP contribution in [0.15, 0.2) is 6.33 Å². The molecule has 0 saturated carbocycles. The molecule has 0 aromatic carbocycles. The first-order valence-electron chi connectivity index (χ1n) is 6.75. The van der Waals surface area contributed by atoms with Gasteiger partial charge in [-0.2, -0.15) is 0 Å². The molecule has 0 amide bonds. The third-order valence-corrected chi connectivity index (χ3v) is 4.81. The van der Waals surface area contributed by atoms with Gasteiger partial charge in [-0.15, -0.1) is 10.2 Å². The molecule has 1 aliphatic rings. The average molecular weight is 302 g/mol. The van der Waals surface area contributed by atoms with Gasteiger partial charge in [0, 0.05) is 39.8 Å². The van der Waals surface area contributed by atoms with Crippen molar-refractivity contribution in [2.24, 2.45) is 7.05 Å². The second-order valence-electron chi connectivity index (χ2n) is 5.05. The summed E-state index contributed by atoms with van der Waals surface area (Å²) in [7, 11) is -1.52. The van der Waals surface area contributed by atoms with Gasteiger partial charge in [-0.1, -0.05) is 0 Å². The third kappa shape index (κ3) is 4.23. The van der Waals surface area contributed by atoms with E-state index in [1.165, 1.54) is 0 Å². The van der Waals surface area contributed by atoms with E-state index in [2.05, 4.69) is 25.1 Å². The number of nitrogens with zero attached hydrogens (tertiary/aromatic N) is 4. The van der Waals surface area contributed by atoms with E-state index in [0.717, 1.165) is 26.2 Å². The van der Waals surface area contributed by atoms with Crippen molar-refractivity contribution in [2.45, 2.75) is 13.0 Å². The Morgan fingerprint density at radius 3 is 2.75 bits per heavy atom. The Kier molecular flexibility index (Phi) is 5.08. The largest absolute Gasteiger partial charge is 0.319 e. The summed E-state index contributed by atoms with van der Waals surface area (Å²) in [4.78, 5) is 2.16. The van der Waals surface area contributed by atoms with Crippen molar-refractivity contribution in [3.05, 3.63) is 12.2 Å². The van der Waals surface area contributed by atoms with Crippen LogP contribution in [0.4, 0.5) is 0 Å². The van der Waals surface area contributed by atoms with Gasteiger partial charge in [0.1, 0.15) is 12.2 Å². The van der Waals surface area contributed by atoms with Crippen LogP contribution in [0.1, 0.15) is 18.8 Å². The van der Waals surface area contributed by atoms with E-state index in [0.29, 0.717) is 12.4 Å². The molecule has 2 heterocycles. The number of aryl methyl sites for hydroxylation is 1. The lowest BCUT2D eigenvalue weighted by atomic mass is 10.3. The molecule has 1 aliphatic heterocycles. The van der Waals surface area contributed by atoms with Crippen LogP contribution in [0.5, 0.6) is 0 Å². The molecule has 1 saturated heterocycles. The van der Waals surface area contributed by atoms with Gasteiger partial charge in [0.2, 0.25) is 10.0 Å². The second kappa shape index (κ2) is 6.61. The monoisotopic (exact) mass is 302 g/mol. The van der Waals surface area contributed by atoms with Crippen molar-refractivity contribution in [3.63, 3.8) is 0 Å². The SMILES string of the molecule is CC(NS(=O)(=O)CCN1CCNCC1)c1nncn1C. The fraction of sp³-hybridized carbons (Fsp3) is 0.818. The molecule has 0 bridgehead atoms. The number of rotatable bonds is 6. The van der Waals surface area contributed by atoms with E-state index in [9.17, 15) is 8.42 Å². The Labute approximate surface area is 119 Å². The van der Waals surface area contributed by atoms with Crippen molar-refractivity contribution in [1.29, 1.82) is 0 Å². The third-order valence-electron chi connectivity index (χ3n) is 3.38. The molecule has 2 N–H and O–H groups in total. The molecule has 20 heavy (non-hydrogen) atoms. The predicted octanol–water partition coefficient (Wildman–Crippen LogP) is -1.30. The van der Waals surface area contributed by atoms with Gasteiger partial charge in [0.05, 0.1) is 11.8 Å². The molecule has 0 aliphatic carbocycles. The highest BCUT2D eigenvalue weighted by molar-refractivity contribution is 7.89. The topological polar surface area (TPSA) is 92.2 Å². The fourth-order valence-corrected chi connectivity index (χ4v) is 3.51. The van der Waals surface area contributed by atoms with Crippen molar-refractivity contribution in [1.82, 2.24) is 29.7 Å². The van der Waals surface area contributed by atoms with Crippen LogP contribution in [-0.4, -0.2) is 66.6 Å². The molecule has 114 valence electrons. The zero-order valence-electron chi connectivity index (χ0n) is 11.9. The first-order valence-corrected chi connectivity index (χ1v) is 8.40. The van der Waals surface area contributed by atoms with Crippen LogP contribution >= 0.6 is 0 Å².